The summed E-state index contributed by atoms with van der Waals surface area (Å²) in [5.74, 6) is 0. The van der Waals surface area contributed by atoms with E-state index in [-0.39, 0.29) is 11.7 Å². The lowest BCUT2D eigenvalue weighted by atomic mass is 10.1. The molecule has 1 aliphatic carbocycles. The number of carbonyl (C=O) groups excluding carboxylic acids is 1. The first-order valence-electron chi connectivity index (χ1n) is 6.74. The van der Waals surface area contributed by atoms with E-state index in [0.29, 0.717) is 17.5 Å². The summed E-state index contributed by atoms with van der Waals surface area (Å²) in [5.41, 5.74) is 3.27. The molecule has 2 aromatic rings. The normalized spacial score (nSPS) is 13.7. The topological polar surface area (TPSA) is 72.2 Å². The molecule has 0 radical (unpaired) electrons. The van der Waals surface area contributed by atoms with Crippen molar-refractivity contribution >= 4 is 17.7 Å². The highest BCUT2D eigenvalue weighted by Crippen LogP contribution is 2.29. The Morgan fingerprint density at radius 2 is 1.81 bits per heavy atom. The second-order valence-corrected chi connectivity index (χ2v) is 5.17. The Hall–Kier alpha value is -2.69. The highest BCUT2D eigenvalue weighted by molar-refractivity contribution is 5.79. The van der Waals surface area contributed by atoms with E-state index in [4.69, 9.17) is 0 Å². The van der Waals surface area contributed by atoms with Gasteiger partial charge in [-0.3, -0.25) is 14.9 Å². The van der Waals surface area contributed by atoms with Gasteiger partial charge in [0.2, 0.25) is 0 Å². The number of nitrogens with one attached hydrogen (secondary N) is 1. The monoisotopic (exact) mass is 282 g/mol. The van der Waals surface area contributed by atoms with E-state index < -0.39 is 4.92 Å². The maximum absolute atomic E-state index is 11.1. The molecule has 0 saturated heterocycles. The molecule has 0 heterocycles. The Morgan fingerprint density at radius 3 is 2.38 bits per heavy atom. The zero-order valence-electron chi connectivity index (χ0n) is 11.3. The molecule has 0 atom stereocenters. The summed E-state index contributed by atoms with van der Waals surface area (Å²) in [5, 5.41) is 14.4. The summed E-state index contributed by atoms with van der Waals surface area (Å²) >= 11 is 0. The van der Waals surface area contributed by atoms with Crippen LogP contribution < -0.4 is 5.32 Å². The van der Waals surface area contributed by atoms with Gasteiger partial charge < -0.3 is 5.32 Å². The van der Waals surface area contributed by atoms with E-state index >= 15 is 0 Å². The van der Waals surface area contributed by atoms with Crippen LogP contribution in [-0.4, -0.2) is 17.3 Å². The Bertz CT molecular complexity index is 687. The third-order valence-corrected chi connectivity index (χ3v) is 3.77. The number of hydrogen-bond donors (Lipinski definition) is 1. The van der Waals surface area contributed by atoms with Crippen LogP contribution in [0.3, 0.4) is 0 Å². The zero-order chi connectivity index (χ0) is 14.8. The van der Waals surface area contributed by atoms with E-state index in [1.165, 1.54) is 17.2 Å². The first-order chi connectivity index (χ1) is 10.2. The van der Waals surface area contributed by atoms with Crippen molar-refractivity contribution in [2.24, 2.45) is 0 Å². The number of benzene rings is 2. The van der Waals surface area contributed by atoms with Crippen molar-refractivity contribution < 1.29 is 9.72 Å². The molecule has 0 spiro atoms. The number of fused-ring (bicyclic) bond motifs is 1. The molecule has 21 heavy (non-hydrogen) atoms. The number of rotatable bonds is 4. The van der Waals surface area contributed by atoms with Gasteiger partial charge in [-0.15, -0.1) is 0 Å². The van der Waals surface area contributed by atoms with Crippen LogP contribution >= 0.6 is 0 Å². The maximum atomic E-state index is 11.1. The summed E-state index contributed by atoms with van der Waals surface area (Å²) in [6.45, 7) is 0. The largest absolute Gasteiger partial charge is 0.376 e. The minimum atomic E-state index is -0.461. The van der Waals surface area contributed by atoms with E-state index in [2.05, 4.69) is 17.4 Å². The highest BCUT2D eigenvalue weighted by Gasteiger charge is 2.23. The fourth-order valence-electron chi connectivity index (χ4n) is 2.78. The van der Waals surface area contributed by atoms with Crippen LogP contribution in [0.4, 0.5) is 11.4 Å². The van der Waals surface area contributed by atoms with Gasteiger partial charge in [0.25, 0.3) is 5.69 Å². The fourth-order valence-corrected chi connectivity index (χ4v) is 2.78. The van der Waals surface area contributed by atoms with E-state index in [1.54, 1.807) is 12.1 Å². The number of hydrogen-bond acceptors (Lipinski definition) is 4. The predicted octanol–water partition coefficient (Wildman–Crippen LogP) is 2.99. The van der Waals surface area contributed by atoms with Gasteiger partial charge in [0, 0.05) is 17.7 Å². The standard InChI is InChI=1S/C16H14N2O3/c19-10-11-5-6-15(16(7-11)18(20)21)17-14-8-12-3-1-2-4-13(12)9-14/h1-7,10,14,17H,8-9H2. The van der Waals surface area contributed by atoms with Gasteiger partial charge in [-0.05, 0) is 36.1 Å². The van der Waals surface area contributed by atoms with Crippen LogP contribution in [0.5, 0.6) is 0 Å². The Balaban J connectivity index is 1.83. The van der Waals surface area contributed by atoms with Crippen molar-refractivity contribution in [2.45, 2.75) is 18.9 Å². The molecule has 0 aromatic heterocycles. The molecule has 5 nitrogen and oxygen atoms in total. The number of carbonyl (C=O) groups is 1. The summed E-state index contributed by atoms with van der Waals surface area (Å²) < 4.78 is 0. The van der Waals surface area contributed by atoms with Crippen molar-refractivity contribution in [1.82, 2.24) is 0 Å². The van der Waals surface area contributed by atoms with Crippen molar-refractivity contribution in [2.75, 3.05) is 5.32 Å². The van der Waals surface area contributed by atoms with Gasteiger partial charge in [-0.2, -0.15) is 0 Å². The molecular formula is C16H14N2O3. The minimum absolute atomic E-state index is 0.0597. The van der Waals surface area contributed by atoms with E-state index in [1.807, 2.05) is 12.1 Å². The second kappa shape index (κ2) is 5.36. The number of anilines is 1. The molecule has 3 rings (SSSR count). The minimum Gasteiger partial charge on any atom is -0.376 e. The summed E-state index contributed by atoms with van der Waals surface area (Å²) in [6.07, 6.45) is 2.31. The molecule has 1 N–H and O–H groups in total. The van der Waals surface area contributed by atoms with Crippen LogP contribution in [0.25, 0.3) is 0 Å². The van der Waals surface area contributed by atoms with Crippen molar-refractivity contribution in [3.63, 3.8) is 0 Å². The molecule has 106 valence electrons. The van der Waals surface area contributed by atoms with Gasteiger partial charge in [-0.25, -0.2) is 0 Å². The van der Waals surface area contributed by atoms with Gasteiger partial charge in [0.15, 0.2) is 0 Å². The number of nitro groups is 1. The third-order valence-electron chi connectivity index (χ3n) is 3.77. The molecule has 5 heteroatoms. The number of aldehydes is 1. The van der Waals surface area contributed by atoms with Gasteiger partial charge in [0.1, 0.15) is 12.0 Å². The summed E-state index contributed by atoms with van der Waals surface area (Å²) in [4.78, 5) is 21.4. The maximum Gasteiger partial charge on any atom is 0.293 e. The second-order valence-electron chi connectivity index (χ2n) is 5.17. The summed E-state index contributed by atoms with van der Waals surface area (Å²) in [7, 11) is 0. The first-order valence-corrected chi connectivity index (χ1v) is 6.74. The fraction of sp³-hybridized carbons (Fsp3) is 0.188. The predicted molar refractivity (Wildman–Crippen MR) is 79.7 cm³/mol. The molecule has 0 aliphatic heterocycles. The van der Waals surface area contributed by atoms with Gasteiger partial charge in [-0.1, -0.05) is 24.3 Å². The molecule has 2 aromatic carbocycles. The van der Waals surface area contributed by atoms with Crippen molar-refractivity contribution in [3.8, 4) is 0 Å². The molecule has 0 bridgehead atoms. The lowest BCUT2D eigenvalue weighted by Gasteiger charge is -2.13. The molecule has 0 unspecified atom stereocenters. The Kier molecular flexibility index (Phi) is 3.39. The Morgan fingerprint density at radius 1 is 1.14 bits per heavy atom. The molecule has 0 amide bonds. The van der Waals surface area contributed by atoms with Crippen LogP contribution in [0.1, 0.15) is 21.5 Å². The third kappa shape index (κ3) is 2.63. The molecule has 0 fully saturated rings. The quantitative estimate of drug-likeness (QED) is 0.531. The molecule has 1 aliphatic rings. The van der Waals surface area contributed by atoms with Crippen LogP contribution in [0.2, 0.25) is 0 Å². The SMILES string of the molecule is O=Cc1ccc(NC2Cc3ccccc3C2)c([N+](=O)[O-])c1. The number of nitro benzene ring substituents is 1. The average molecular weight is 282 g/mol. The Labute approximate surface area is 121 Å². The van der Waals surface area contributed by atoms with E-state index in [0.717, 1.165) is 12.8 Å². The molecule has 0 saturated carbocycles. The van der Waals surface area contributed by atoms with Gasteiger partial charge in [0.05, 0.1) is 4.92 Å². The van der Waals surface area contributed by atoms with Crippen LogP contribution in [-0.2, 0) is 12.8 Å². The lowest BCUT2D eigenvalue weighted by molar-refractivity contribution is -0.384. The van der Waals surface area contributed by atoms with Crippen LogP contribution in [0, 0.1) is 10.1 Å². The average Bonchev–Trinajstić information content (AvgIpc) is 2.89. The first kappa shape index (κ1) is 13.3. The van der Waals surface area contributed by atoms with E-state index in [9.17, 15) is 14.9 Å². The van der Waals surface area contributed by atoms with Crippen molar-refractivity contribution in [3.05, 3.63) is 69.3 Å². The van der Waals surface area contributed by atoms with Crippen LogP contribution in [0.15, 0.2) is 42.5 Å². The highest BCUT2D eigenvalue weighted by atomic mass is 16.6. The smallest absolute Gasteiger partial charge is 0.293 e. The lowest BCUT2D eigenvalue weighted by Crippen LogP contribution is -2.20. The zero-order valence-corrected chi connectivity index (χ0v) is 11.3. The number of nitrogens with zero attached hydrogens (tertiary/aromatic N) is 1. The van der Waals surface area contributed by atoms with Gasteiger partial charge >= 0.3 is 0 Å². The summed E-state index contributed by atoms with van der Waals surface area (Å²) in [6, 6.07) is 12.8. The molecular weight excluding hydrogens is 268 g/mol. The van der Waals surface area contributed by atoms with Crippen molar-refractivity contribution in [1.29, 1.82) is 0 Å².